The molecule has 17 nitrogen and oxygen atoms in total. The first-order valence-corrected chi connectivity index (χ1v) is 11.9. The van der Waals surface area contributed by atoms with Crippen LogP contribution in [-0.4, -0.2) is 99.0 Å². The number of ether oxygens (including phenoxy) is 8. The van der Waals surface area contributed by atoms with Crippen LogP contribution >= 0.6 is 0 Å². The number of methoxy groups -OCH3 is 1. The standard InChI is InChI=1S/C23H33N3O14/c1-11-18(20(38-15(5)30)17(36-13(3)28)10-35-12(2)27)40-23(22(32)33-7,39-16(6)31)21(19(11)37-14(4)29)34-9-8-25-26-24/h11,17-21H,8-10H2,1-7H3/t11-,17+,18+,19+,20+,21-,23-/m0/s1. The molecular weight excluding hydrogens is 542 g/mol. The van der Waals surface area contributed by atoms with Gasteiger partial charge in [0.15, 0.2) is 18.3 Å². The summed E-state index contributed by atoms with van der Waals surface area (Å²) in [6.45, 7) is 5.45. The van der Waals surface area contributed by atoms with Crippen molar-refractivity contribution in [2.45, 2.75) is 77.8 Å². The van der Waals surface area contributed by atoms with Crippen LogP contribution in [0.15, 0.2) is 5.11 Å². The van der Waals surface area contributed by atoms with Crippen LogP contribution in [0.25, 0.3) is 10.4 Å². The lowest BCUT2D eigenvalue weighted by molar-refractivity contribution is -0.350. The Balaban J connectivity index is 3.86. The van der Waals surface area contributed by atoms with Gasteiger partial charge < -0.3 is 37.9 Å². The molecule has 1 heterocycles. The first kappa shape index (κ1) is 34.1. The molecule has 1 aliphatic rings. The second-order valence-electron chi connectivity index (χ2n) is 8.54. The molecule has 0 unspecified atom stereocenters. The van der Waals surface area contributed by atoms with Crippen LogP contribution in [0, 0.1) is 5.92 Å². The van der Waals surface area contributed by atoms with Crippen molar-refractivity contribution < 1.29 is 66.7 Å². The van der Waals surface area contributed by atoms with Gasteiger partial charge >= 0.3 is 41.6 Å². The molecule has 1 fully saturated rings. The molecule has 40 heavy (non-hydrogen) atoms. The minimum absolute atomic E-state index is 0.234. The van der Waals surface area contributed by atoms with Crippen LogP contribution in [0.4, 0.5) is 0 Å². The van der Waals surface area contributed by atoms with E-state index >= 15 is 0 Å². The molecule has 0 saturated carbocycles. The fraction of sp³-hybridized carbons (Fsp3) is 0.739. The maximum absolute atomic E-state index is 13.2. The van der Waals surface area contributed by atoms with E-state index in [9.17, 15) is 28.8 Å². The molecule has 224 valence electrons. The van der Waals surface area contributed by atoms with E-state index < -0.39 is 84.6 Å². The van der Waals surface area contributed by atoms with Gasteiger partial charge in [-0.05, 0) is 5.53 Å². The first-order chi connectivity index (χ1) is 18.7. The second kappa shape index (κ2) is 15.6. The number of hydrogen-bond acceptors (Lipinski definition) is 15. The Morgan fingerprint density at radius 2 is 1.57 bits per heavy atom. The minimum Gasteiger partial charge on any atom is -0.464 e. The van der Waals surface area contributed by atoms with Gasteiger partial charge in [-0.3, -0.25) is 24.0 Å². The summed E-state index contributed by atoms with van der Waals surface area (Å²) in [5.41, 5.74) is 8.58. The zero-order valence-corrected chi connectivity index (χ0v) is 23.1. The average Bonchev–Trinajstić information content (AvgIpc) is 2.84. The van der Waals surface area contributed by atoms with E-state index in [-0.39, 0.29) is 13.2 Å². The zero-order chi connectivity index (χ0) is 30.6. The van der Waals surface area contributed by atoms with Gasteiger partial charge in [0.05, 0.1) is 13.7 Å². The number of nitrogens with zero attached hydrogens (tertiary/aromatic N) is 3. The maximum Gasteiger partial charge on any atom is 0.382 e. The van der Waals surface area contributed by atoms with Gasteiger partial charge in [0.1, 0.15) is 18.8 Å². The molecule has 0 aliphatic carbocycles. The number of carbonyl (C=O) groups is 6. The Morgan fingerprint density at radius 1 is 0.950 bits per heavy atom. The number of carbonyl (C=O) groups excluding carboxylic acids is 6. The molecule has 0 radical (unpaired) electrons. The Kier molecular flexibility index (Phi) is 13.3. The van der Waals surface area contributed by atoms with Crippen LogP contribution in [0.2, 0.25) is 0 Å². The van der Waals surface area contributed by atoms with Crippen LogP contribution in [-0.2, 0) is 66.7 Å². The number of rotatable bonds is 13. The van der Waals surface area contributed by atoms with E-state index in [0.29, 0.717) is 0 Å². The molecule has 0 aromatic carbocycles. The van der Waals surface area contributed by atoms with Crippen molar-refractivity contribution in [1.29, 1.82) is 0 Å². The van der Waals surface area contributed by atoms with Gasteiger partial charge in [-0.25, -0.2) is 4.79 Å². The van der Waals surface area contributed by atoms with E-state index in [4.69, 9.17) is 43.4 Å². The monoisotopic (exact) mass is 575 g/mol. The molecule has 7 atom stereocenters. The third-order valence-corrected chi connectivity index (χ3v) is 5.40. The molecule has 1 saturated heterocycles. The van der Waals surface area contributed by atoms with Gasteiger partial charge in [0.2, 0.25) is 0 Å². The molecule has 1 rings (SSSR count). The van der Waals surface area contributed by atoms with Crippen molar-refractivity contribution in [3.8, 4) is 0 Å². The lowest BCUT2D eigenvalue weighted by atomic mass is 9.82. The smallest absolute Gasteiger partial charge is 0.382 e. The number of hydrogen-bond donors (Lipinski definition) is 0. The molecule has 0 aromatic rings. The zero-order valence-electron chi connectivity index (χ0n) is 23.1. The van der Waals surface area contributed by atoms with Crippen molar-refractivity contribution in [2.24, 2.45) is 11.0 Å². The summed E-state index contributed by atoms with van der Waals surface area (Å²) < 4.78 is 43.0. The Bertz CT molecular complexity index is 1010. The van der Waals surface area contributed by atoms with Crippen molar-refractivity contribution in [3.63, 3.8) is 0 Å². The maximum atomic E-state index is 13.2. The van der Waals surface area contributed by atoms with Gasteiger partial charge in [-0.1, -0.05) is 12.0 Å². The predicted octanol–water partition coefficient (Wildman–Crippen LogP) is 0.507. The fourth-order valence-corrected chi connectivity index (χ4v) is 4.05. The van der Waals surface area contributed by atoms with E-state index in [1.165, 1.54) is 6.92 Å². The van der Waals surface area contributed by atoms with E-state index in [0.717, 1.165) is 41.7 Å². The van der Waals surface area contributed by atoms with Gasteiger partial charge in [-0.2, -0.15) is 0 Å². The highest BCUT2D eigenvalue weighted by Crippen LogP contribution is 2.41. The molecule has 0 aromatic heterocycles. The van der Waals surface area contributed by atoms with Crippen molar-refractivity contribution in [2.75, 3.05) is 26.9 Å². The number of esters is 6. The molecule has 17 heteroatoms. The lowest BCUT2D eigenvalue weighted by Crippen LogP contribution is -2.71. The van der Waals surface area contributed by atoms with Crippen molar-refractivity contribution in [3.05, 3.63) is 10.4 Å². The third kappa shape index (κ3) is 9.36. The van der Waals surface area contributed by atoms with Crippen LogP contribution in [0.3, 0.4) is 0 Å². The summed E-state index contributed by atoms with van der Waals surface area (Å²) in [4.78, 5) is 75.7. The largest absolute Gasteiger partial charge is 0.464 e. The summed E-state index contributed by atoms with van der Waals surface area (Å²) >= 11 is 0. The van der Waals surface area contributed by atoms with Crippen LogP contribution in [0.1, 0.15) is 41.5 Å². The highest BCUT2D eigenvalue weighted by molar-refractivity contribution is 5.82. The third-order valence-electron chi connectivity index (χ3n) is 5.40. The summed E-state index contributed by atoms with van der Waals surface area (Å²) in [5, 5.41) is 3.33. The topological polar surface area (TPSA) is 225 Å². The molecule has 0 spiro atoms. The Hall–Kier alpha value is -3.95. The lowest BCUT2D eigenvalue weighted by Gasteiger charge is -2.50. The molecule has 0 bridgehead atoms. The Morgan fingerprint density at radius 3 is 2.05 bits per heavy atom. The summed E-state index contributed by atoms with van der Waals surface area (Å²) in [6.07, 6.45) is -7.79. The second-order valence-corrected chi connectivity index (χ2v) is 8.54. The highest BCUT2D eigenvalue weighted by Gasteiger charge is 2.66. The Labute approximate surface area is 229 Å². The van der Waals surface area contributed by atoms with Crippen LogP contribution in [0.5, 0.6) is 0 Å². The van der Waals surface area contributed by atoms with E-state index in [1.54, 1.807) is 0 Å². The van der Waals surface area contributed by atoms with Gasteiger partial charge in [0.25, 0.3) is 0 Å². The van der Waals surface area contributed by atoms with Crippen molar-refractivity contribution in [1.82, 2.24) is 0 Å². The highest BCUT2D eigenvalue weighted by atomic mass is 16.8. The summed E-state index contributed by atoms with van der Waals surface area (Å²) in [6, 6.07) is 0. The molecule has 0 amide bonds. The molecule has 0 N–H and O–H groups in total. The quantitative estimate of drug-likeness (QED) is 0.0728. The normalized spacial score (nSPS) is 25.2. The average molecular weight is 576 g/mol. The molecular formula is C23H33N3O14. The minimum atomic E-state index is -2.77. The molecule has 1 aliphatic heterocycles. The van der Waals surface area contributed by atoms with E-state index in [1.807, 2.05) is 0 Å². The first-order valence-electron chi connectivity index (χ1n) is 11.9. The van der Waals surface area contributed by atoms with Crippen LogP contribution < -0.4 is 0 Å². The van der Waals surface area contributed by atoms with E-state index in [2.05, 4.69) is 10.0 Å². The summed E-state index contributed by atoms with van der Waals surface area (Å²) in [5.74, 6) is -9.52. The number of azide groups is 1. The predicted molar refractivity (Wildman–Crippen MR) is 128 cm³/mol. The summed E-state index contributed by atoms with van der Waals surface area (Å²) in [7, 11) is 0.952. The SMILES string of the molecule is COC(=O)[C@@]1(OC(C)=O)O[C@@H]([C@H](OC(C)=O)[C@@H](COC(C)=O)OC(C)=O)[C@H](C)[C@@H](OC(C)=O)[C@@H]1OCCN=[N+]=[N-]. The van der Waals surface area contributed by atoms with Gasteiger partial charge in [0, 0.05) is 52.0 Å². The van der Waals surface area contributed by atoms with Gasteiger partial charge in [-0.15, -0.1) is 0 Å². The fourth-order valence-electron chi connectivity index (χ4n) is 4.05. The van der Waals surface area contributed by atoms with Crippen molar-refractivity contribution >= 4 is 35.8 Å².